The molecule has 1 aliphatic carbocycles. The summed E-state index contributed by atoms with van der Waals surface area (Å²) in [6.07, 6.45) is 3.79. The molecule has 4 nitrogen and oxygen atoms in total. The number of rotatable bonds is 2. The molecule has 94 valence electrons. The molecular weight excluding hydrogens is 204 g/mol. The van der Waals surface area contributed by atoms with E-state index < -0.39 is 5.60 Å². The zero-order valence-corrected chi connectivity index (χ0v) is 10.8. The van der Waals surface area contributed by atoms with Crippen LogP contribution in [-0.2, 0) is 4.74 Å². The lowest BCUT2D eigenvalue weighted by atomic mass is 9.90. The summed E-state index contributed by atoms with van der Waals surface area (Å²) in [4.78, 5) is 11.7. The van der Waals surface area contributed by atoms with E-state index in [-0.39, 0.29) is 17.7 Å². The zero-order chi connectivity index (χ0) is 12.4. The fraction of sp³-hybridized carbons (Fsp3) is 0.917. The van der Waals surface area contributed by atoms with Crippen LogP contribution in [0.4, 0.5) is 4.79 Å². The Balaban J connectivity index is 2.60. The molecule has 1 atom stereocenters. The fourth-order valence-electron chi connectivity index (χ4n) is 2.21. The van der Waals surface area contributed by atoms with Gasteiger partial charge in [-0.1, -0.05) is 12.8 Å². The van der Waals surface area contributed by atoms with Gasteiger partial charge >= 0.3 is 6.09 Å². The Bertz CT molecular complexity index is 250. The van der Waals surface area contributed by atoms with E-state index in [1.807, 2.05) is 27.7 Å². The second-order valence-electron chi connectivity index (χ2n) is 5.78. The first-order valence-corrected chi connectivity index (χ1v) is 6.02. The molecule has 0 aromatic rings. The van der Waals surface area contributed by atoms with Crippen LogP contribution in [-0.4, -0.2) is 23.3 Å². The lowest BCUT2D eigenvalue weighted by Crippen LogP contribution is -2.57. The van der Waals surface area contributed by atoms with Crippen molar-refractivity contribution in [1.29, 1.82) is 0 Å². The molecule has 0 unspecified atom stereocenters. The average molecular weight is 228 g/mol. The van der Waals surface area contributed by atoms with Gasteiger partial charge in [-0.15, -0.1) is 0 Å². The van der Waals surface area contributed by atoms with Crippen LogP contribution in [0.2, 0.25) is 0 Å². The molecule has 0 radical (unpaired) electrons. The first-order valence-electron chi connectivity index (χ1n) is 6.02. The Morgan fingerprint density at radius 3 is 2.25 bits per heavy atom. The minimum atomic E-state index is -0.457. The lowest BCUT2D eigenvalue weighted by molar-refractivity contribution is 0.0442. The predicted octanol–water partition coefficient (Wildman–Crippen LogP) is 2.17. The summed E-state index contributed by atoms with van der Waals surface area (Å²) in [7, 11) is 0. The number of carbonyl (C=O) groups excluding carboxylic acids is 1. The molecule has 1 rings (SSSR count). The number of ether oxygens (including phenoxy) is 1. The van der Waals surface area contributed by atoms with Crippen molar-refractivity contribution in [1.82, 2.24) is 5.32 Å². The summed E-state index contributed by atoms with van der Waals surface area (Å²) >= 11 is 0. The Labute approximate surface area is 97.9 Å². The summed E-state index contributed by atoms with van der Waals surface area (Å²) in [6.45, 7) is 7.53. The van der Waals surface area contributed by atoms with E-state index in [9.17, 15) is 4.79 Å². The summed E-state index contributed by atoms with van der Waals surface area (Å²) in [6, 6.07) is -0.0393. The molecule has 3 N–H and O–H groups in total. The lowest BCUT2D eigenvalue weighted by Gasteiger charge is -2.35. The zero-order valence-electron chi connectivity index (χ0n) is 10.8. The summed E-state index contributed by atoms with van der Waals surface area (Å²) < 4.78 is 5.27. The summed E-state index contributed by atoms with van der Waals surface area (Å²) in [5.74, 6) is 0. The van der Waals surface area contributed by atoms with Crippen molar-refractivity contribution in [2.75, 3.05) is 0 Å². The van der Waals surface area contributed by atoms with E-state index in [4.69, 9.17) is 10.5 Å². The van der Waals surface area contributed by atoms with Crippen molar-refractivity contribution in [3.63, 3.8) is 0 Å². The summed E-state index contributed by atoms with van der Waals surface area (Å²) in [5.41, 5.74) is 5.26. The number of amides is 1. The van der Waals surface area contributed by atoms with Gasteiger partial charge in [0.15, 0.2) is 0 Å². The fourth-order valence-corrected chi connectivity index (χ4v) is 2.21. The van der Waals surface area contributed by atoms with Gasteiger partial charge in [-0.05, 0) is 40.5 Å². The number of alkyl carbamates (subject to hydrolysis) is 1. The van der Waals surface area contributed by atoms with Gasteiger partial charge in [0.05, 0.1) is 5.54 Å². The maximum Gasteiger partial charge on any atom is 0.408 e. The SMILES string of the molecule is C[C@@H](N)C1(NC(=O)OC(C)(C)C)CCCC1. The van der Waals surface area contributed by atoms with Crippen LogP contribution in [0.5, 0.6) is 0 Å². The van der Waals surface area contributed by atoms with Gasteiger partial charge in [-0.3, -0.25) is 0 Å². The Morgan fingerprint density at radius 1 is 1.38 bits per heavy atom. The van der Waals surface area contributed by atoms with E-state index in [2.05, 4.69) is 5.32 Å². The monoisotopic (exact) mass is 228 g/mol. The first-order chi connectivity index (χ1) is 7.25. The molecule has 0 heterocycles. The number of carbonyl (C=O) groups is 1. The molecule has 0 aromatic carbocycles. The van der Waals surface area contributed by atoms with E-state index in [1.54, 1.807) is 0 Å². The molecule has 0 bridgehead atoms. The van der Waals surface area contributed by atoms with Gasteiger partial charge in [-0.25, -0.2) is 4.79 Å². The Hall–Kier alpha value is -0.770. The smallest absolute Gasteiger partial charge is 0.408 e. The maximum atomic E-state index is 11.7. The summed E-state index contributed by atoms with van der Waals surface area (Å²) in [5, 5.41) is 2.96. The highest BCUT2D eigenvalue weighted by Crippen LogP contribution is 2.32. The maximum absolute atomic E-state index is 11.7. The van der Waals surface area contributed by atoms with Crippen molar-refractivity contribution in [3.05, 3.63) is 0 Å². The molecule has 1 aliphatic rings. The van der Waals surface area contributed by atoms with Gasteiger partial charge in [0.1, 0.15) is 5.60 Å². The van der Waals surface area contributed by atoms with Gasteiger partial charge in [0.2, 0.25) is 0 Å². The van der Waals surface area contributed by atoms with Crippen LogP contribution in [0.25, 0.3) is 0 Å². The van der Waals surface area contributed by atoms with Crippen molar-refractivity contribution in [2.45, 2.75) is 70.6 Å². The molecule has 1 saturated carbocycles. The number of nitrogens with one attached hydrogen (secondary N) is 1. The normalized spacial score (nSPS) is 21.6. The average Bonchev–Trinajstić information content (AvgIpc) is 2.49. The molecule has 0 saturated heterocycles. The minimum absolute atomic E-state index is 0.0393. The topological polar surface area (TPSA) is 64.3 Å². The molecule has 4 heteroatoms. The van der Waals surface area contributed by atoms with Crippen LogP contribution in [0, 0.1) is 0 Å². The van der Waals surface area contributed by atoms with Gasteiger partial charge in [-0.2, -0.15) is 0 Å². The minimum Gasteiger partial charge on any atom is -0.444 e. The quantitative estimate of drug-likeness (QED) is 0.761. The molecule has 0 spiro atoms. The Morgan fingerprint density at radius 2 is 1.88 bits per heavy atom. The molecule has 0 aliphatic heterocycles. The third-order valence-corrected chi connectivity index (χ3v) is 3.12. The molecular formula is C12H24N2O2. The van der Waals surface area contributed by atoms with Crippen LogP contribution in [0.3, 0.4) is 0 Å². The number of hydrogen-bond acceptors (Lipinski definition) is 3. The van der Waals surface area contributed by atoms with Gasteiger partial charge < -0.3 is 15.8 Å². The first kappa shape index (κ1) is 13.3. The third-order valence-electron chi connectivity index (χ3n) is 3.12. The van der Waals surface area contributed by atoms with Crippen molar-refractivity contribution < 1.29 is 9.53 Å². The van der Waals surface area contributed by atoms with Crippen molar-refractivity contribution in [3.8, 4) is 0 Å². The van der Waals surface area contributed by atoms with Crippen LogP contribution < -0.4 is 11.1 Å². The number of nitrogens with two attached hydrogens (primary N) is 1. The molecule has 16 heavy (non-hydrogen) atoms. The molecule has 0 aromatic heterocycles. The van der Waals surface area contributed by atoms with Crippen LogP contribution >= 0.6 is 0 Å². The van der Waals surface area contributed by atoms with E-state index in [1.165, 1.54) is 0 Å². The number of hydrogen-bond donors (Lipinski definition) is 2. The highest BCUT2D eigenvalue weighted by molar-refractivity contribution is 5.69. The van der Waals surface area contributed by atoms with Crippen LogP contribution in [0.15, 0.2) is 0 Å². The molecule has 1 fully saturated rings. The second-order valence-corrected chi connectivity index (χ2v) is 5.78. The van der Waals surface area contributed by atoms with E-state index in [0.29, 0.717) is 0 Å². The molecule has 1 amide bonds. The largest absolute Gasteiger partial charge is 0.444 e. The van der Waals surface area contributed by atoms with E-state index in [0.717, 1.165) is 25.7 Å². The predicted molar refractivity (Wildman–Crippen MR) is 64.2 cm³/mol. The standard InChI is InChI=1S/C12H24N2O2/c1-9(13)12(7-5-6-8-12)14-10(15)16-11(2,3)4/h9H,5-8,13H2,1-4H3,(H,14,15)/t9-/m1/s1. The van der Waals surface area contributed by atoms with Crippen molar-refractivity contribution >= 4 is 6.09 Å². The van der Waals surface area contributed by atoms with E-state index >= 15 is 0 Å². The van der Waals surface area contributed by atoms with Crippen molar-refractivity contribution in [2.24, 2.45) is 5.73 Å². The van der Waals surface area contributed by atoms with Gasteiger partial charge in [0.25, 0.3) is 0 Å². The third kappa shape index (κ3) is 3.37. The second kappa shape index (κ2) is 4.62. The highest BCUT2D eigenvalue weighted by atomic mass is 16.6. The van der Waals surface area contributed by atoms with Gasteiger partial charge in [0, 0.05) is 6.04 Å². The Kier molecular flexibility index (Phi) is 3.84. The highest BCUT2D eigenvalue weighted by Gasteiger charge is 2.39. The van der Waals surface area contributed by atoms with Crippen LogP contribution in [0.1, 0.15) is 53.4 Å².